The zero-order chi connectivity index (χ0) is 11.0. The molecule has 0 amide bonds. The highest BCUT2D eigenvalue weighted by atomic mass is 15.2. The second kappa shape index (κ2) is 3.52. The van der Waals surface area contributed by atoms with E-state index in [-0.39, 0.29) is 0 Å². The molecule has 5 heteroatoms. The van der Waals surface area contributed by atoms with Crippen molar-refractivity contribution < 1.29 is 0 Å². The van der Waals surface area contributed by atoms with E-state index < -0.39 is 0 Å². The molecule has 0 saturated carbocycles. The number of hydrogen-bond donors (Lipinski definition) is 3. The van der Waals surface area contributed by atoms with E-state index in [1.807, 2.05) is 18.5 Å². The average molecular weight is 215 g/mol. The number of H-pyrrole nitrogens is 1. The summed E-state index contributed by atoms with van der Waals surface area (Å²) in [7, 11) is 0. The standard InChI is InChI=1S/C11H13N5/c1-7-8-2-3-12-10(8)15-6-9(7)16-11-13-4-5-14-11/h2-3,6H,4-5H2,1H3,(H,12,15)(H2,13,14,16). The van der Waals surface area contributed by atoms with Crippen molar-refractivity contribution in [1.29, 1.82) is 0 Å². The van der Waals surface area contributed by atoms with Crippen LogP contribution in [0.4, 0.5) is 5.69 Å². The molecule has 0 fully saturated rings. The Hall–Kier alpha value is -2.04. The van der Waals surface area contributed by atoms with Crippen molar-refractivity contribution >= 4 is 22.7 Å². The number of aryl methyl sites for hydroxylation is 1. The lowest BCUT2D eigenvalue weighted by atomic mass is 10.2. The van der Waals surface area contributed by atoms with Gasteiger partial charge in [0.15, 0.2) is 5.96 Å². The molecule has 0 aliphatic carbocycles. The third kappa shape index (κ3) is 1.41. The summed E-state index contributed by atoms with van der Waals surface area (Å²) in [6.45, 7) is 3.82. The number of guanidine groups is 1. The largest absolute Gasteiger partial charge is 0.354 e. The highest BCUT2D eigenvalue weighted by Gasteiger charge is 2.09. The van der Waals surface area contributed by atoms with Gasteiger partial charge >= 0.3 is 0 Å². The minimum absolute atomic E-state index is 0.833. The predicted molar refractivity (Wildman–Crippen MR) is 64.8 cm³/mol. The Labute approximate surface area is 93.0 Å². The van der Waals surface area contributed by atoms with Gasteiger partial charge in [0, 0.05) is 18.1 Å². The van der Waals surface area contributed by atoms with E-state index in [2.05, 4.69) is 32.5 Å². The first-order valence-corrected chi connectivity index (χ1v) is 5.32. The third-order valence-corrected chi connectivity index (χ3v) is 2.78. The number of nitrogens with zero attached hydrogens (tertiary/aromatic N) is 2. The van der Waals surface area contributed by atoms with Gasteiger partial charge in [-0.3, -0.25) is 4.99 Å². The van der Waals surface area contributed by atoms with Gasteiger partial charge in [0.05, 0.1) is 18.4 Å². The molecule has 3 heterocycles. The molecule has 2 aromatic heterocycles. The van der Waals surface area contributed by atoms with Gasteiger partial charge in [0.25, 0.3) is 0 Å². The molecule has 1 aliphatic heterocycles. The number of aromatic nitrogens is 2. The second-order valence-electron chi connectivity index (χ2n) is 3.82. The summed E-state index contributed by atoms with van der Waals surface area (Å²) in [5.41, 5.74) is 3.10. The summed E-state index contributed by atoms with van der Waals surface area (Å²) in [5.74, 6) is 0.833. The zero-order valence-corrected chi connectivity index (χ0v) is 9.04. The third-order valence-electron chi connectivity index (χ3n) is 2.78. The summed E-state index contributed by atoms with van der Waals surface area (Å²) in [4.78, 5) is 11.7. The van der Waals surface area contributed by atoms with Crippen LogP contribution in [0.2, 0.25) is 0 Å². The highest BCUT2D eigenvalue weighted by molar-refractivity contribution is 5.97. The van der Waals surface area contributed by atoms with Crippen LogP contribution >= 0.6 is 0 Å². The van der Waals surface area contributed by atoms with Gasteiger partial charge in [-0.2, -0.15) is 0 Å². The maximum Gasteiger partial charge on any atom is 0.195 e. The van der Waals surface area contributed by atoms with E-state index in [4.69, 9.17) is 0 Å². The van der Waals surface area contributed by atoms with Gasteiger partial charge in [-0.1, -0.05) is 0 Å². The fraction of sp³-hybridized carbons (Fsp3) is 0.273. The van der Waals surface area contributed by atoms with E-state index in [0.717, 1.165) is 35.8 Å². The molecule has 16 heavy (non-hydrogen) atoms. The molecule has 0 spiro atoms. The second-order valence-corrected chi connectivity index (χ2v) is 3.82. The van der Waals surface area contributed by atoms with Crippen LogP contribution in [0.15, 0.2) is 23.5 Å². The number of rotatable bonds is 1. The SMILES string of the molecule is Cc1c(NC2=NCCN2)cnc2[nH]ccc12. The van der Waals surface area contributed by atoms with Crippen LogP contribution in [0.5, 0.6) is 0 Å². The van der Waals surface area contributed by atoms with Crippen molar-refractivity contribution in [2.24, 2.45) is 4.99 Å². The number of hydrogen-bond acceptors (Lipinski definition) is 4. The van der Waals surface area contributed by atoms with Crippen LogP contribution in [0, 0.1) is 6.92 Å². The lowest BCUT2D eigenvalue weighted by Crippen LogP contribution is -2.26. The molecule has 0 unspecified atom stereocenters. The molecule has 5 nitrogen and oxygen atoms in total. The normalized spacial score (nSPS) is 14.9. The molecule has 3 rings (SSSR count). The summed E-state index contributed by atoms with van der Waals surface area (Å²) < 4.78 is 0. The van der Waals surface area contributed by atoms with Gasteiger partial charge in [0.1, 0.15) is 5.65 Å². The first kappa shape index (κ1) is 9.21. The minimum atomic E-state index is 0.833. The van der Waals surface area contributed by atoms with Crippen molar-refractivity contribution in [2.45, 2.75) is 6.92 Å². The highest BCUT2D eigenvalue weighted by Crippen LogP contribution is 2.22. The summed E-state index contributed by atoms with van der Waals surface area (Å²) in [6, 6.07) is 2.03. The quantitative estimate of drug-likeness (QED) is 0.670. The van der Waals surface area contributed by atoms with Gasteiger partial charge < -0.3 is 15.6 Å². The molecule has 0 aromatic carbocycles. The van der Waals surface area contributed by atoms with Crippen molar-refractivity contribution in [3.63, 3.8) is 0 Å². The van der Waals surface area contributed by atoms with Crippen LogP contribution in [-0.2, 0) is 0 Å². The lowest BCUT2D eigenvalue weighted by molar-refractivity contribution is 0.959. The zero-order valence-electron chi connectivity index (χ0n) is 9.04. The first-order chi connectivity index (χ1) is 7.84. The first-order valence-electron chi connectivity index (χ1n) is 5.32. The smallest absolute Gasteiger partial charge is 0.195 e. The van der Waals surface area contributed by atoms with Crippen molar-refractivity contribution in [1.82, 2.24) is 15.3 Å². The lowest BCUT2D eigenvalue weighted by Gasteiger charge is -2.09. The molecule has 1 aliphatic rings. The van der Waals surface area contributed by atoms with E-state index in [9.17, 15) is 0 Å². The summed E-state index contributed by atoms with van der Waals surface area (Å²) in [6.07, 6.45) is 3.73. The Morgan fingerprint density at radius 3 is 3.19 bits per heavy atom. The van der Waals surface area contributed by atoms with Crippen LogP contribution in [0.3, 0.4) is 0 Å². The maximum atomic E-state index is 4.34. The monoisotopic (exact) mass is 215 g/mol. The number of aromatic amines is 1. The van der Waals surface area contributed by atoms with Crippen molar-refractivity contribution in [3.05, 3.63) is 24.0 Å². The van der Waals surface area contributed by atoms with Gasteiger partial charge in [0.2, 0.25) is 0 Å². The fourth-order valence-corrected chi connectivity index (χ4v) is 1.88. The molecule has 0 atom stereocenters. The molecular formula is C11H13N5. The molecule has 0 radical (unpaired) electrons. The molecule has 2 aromatic rings. The Morgan fingerprint density at radius 2 is 2.38 bits per heavy atom. The number of pyridine rings is 1. The van der Waals surface area contributed by atoms with E-state index in [1.54, 1.807) is 0 Å². The maximum absolute atomic E-state index is 4.34. The van der Waals surface area contributed by atoms with Crippen LogP contribution in [0.25, 0.3) is 11.0 Å². The summed E-state index contributed by atoms with van der Waals surface area (Å²) in [5, 5.41) is 7.57. The molecule has 3 N–H and O–H groups in total. The van der Waals surface area contributed by atoms with Crippen LogP contribution in [-0.4, -0.2) is 29.0 Å². The van der Waals surface area contributed by atoms with E-state index in [1.165, 1.54) is 5.56 Å². The Bertz CT molecular complexity index is 555. The molecule has 0 saturated heterocycles. The fourth-order valence-electron chi connectivity index (χ4n) is 1.88. The summed E-state index contributed by atoms with van der Waals surface area (Å²) >= 11 is 0. The van der Waals surface area contributed by atoms with Crippen molar-refractivity contribution in [3.8, 4) is 0 Å². The number of nitrogens with one attached hydrogen (secondary N) is 3. The van der Waals surface area contributed by atoms with Crippen LogP contribution in [0.1, 0.15) is 5.56 Å². The van der Waals surface area contributed by atoms with E-state index in [0.29, 0.717) is 0 Å². The Kier molecular flexibility index (Phi) is 2.02. The molecule has 0 bridgehead atoms. The van der Waals surface area contributed by atoms with Crippen LogP contribution < -0.4 is 10.6 Å². The Balaban J connectivity index is 1.99. The van der Waals surface area contributed by atoms with E-state index >= 15 is 0 Å². The van der Waals surface area contributed by atoms with Crippen molar-refractivity contribution in [2.75, 3.05) is 18.4 Å². The number of fused-ring (bicyclic) bond motifs is 1. The minimum Gasteiger partial charge on any atom is -0.354 e. The molecular weight excluding hydrogens is 202 g/mol. The Morgan fingerprint density at radius 1 is 1.44 bits per heavy atom. The predicted octanol–water partition coefficient (Wildman–Crippen LogP) is 1.24. The topological polar surface area (TPSA) is 65.1 Å². The molecule has 82 valence electrons. The van der Waals surface area contributed by atoms with Gasteiger partial charge in [-0.25, -0.2) is 4.98 Å². The number of anilines is 1. The van der Waals surface area contributed by atoms with Gasteiger partial charge in [-0.15, -0.1) is 0 Å². The average Bonchev–Trinajstić information content (AvgIpc) is 2.93. The number of aliphatic imine (C=N–C) groups is 1. The van der Waals surface area contributed by atoms with Gasteiger partial charge in [-0.05, 0) is 18.6 Å².